The molecule has 2 rings (SSSR count). The standard InChI is InChI=1S/C13H15ClIN3O/c1-2-6-16-7-5-12-17-18-13(19-12)9-3-4-11(15)10(14)8-9/h3-4,8,16H,2,5-7H2,1H3. The lowest BCUT2D eigenvalue weighted by atomic mass is 10.2. The highest BCUT2D eigenvalue weighted by atomic mass is 127. The van der Waals surface area contributed by atoms with E-state index in [1.165, 1.54) is 0 Å². The molecule has 6 heteroatoms. The average molecular weight is 392 g/mol. The second-order valence-electron chi connectivity index (χ2n) is 4.13. The molecule has 2 aromatic rings. The van der Waals surface area contributed by atoms with Crippen LogP contribution in [0.3, 0.4) is 0 Å². The van der Waals surface area contributed by atoms with E-state index in [4.69, 9.17) is 16.0 Å². The van der Waals surface area contributed by atoms with E-state index in [-0.39, 0.29) is 0 Å². The molecule has 19 heavy (non-hydrogen) atoms. The first-order valence-corrected chi connectivity index (χ1v) is 7.65. The summed E-state index contributed by atoms with van der Waals surface area (Å²) in [5.74, 6) is 1.16. The van der Waals surface area contributed by atoms with Crippen LogP contribution in [-0.4, -0.2) is 23.3 Å². The molecule has 0 saturated carbocycles. The van der Waals surface area contributed by atoms with Crippen molar-refractivity contribution >= 4 is 34.2 Å². The van der Waals surface area contributed by atoms with Crippen molar-refractivity contribution < 1.29 is 4.42 Å². The van der Waals surface area contributed by atoms with Crippen LogP contribution in [-0.2, 0) is 6.42 Å². The molecule has 1 aromatic carbocycles. The predicted octanol–water partition coefficient (Wildman–Crippen LogP) is 3.54. The van der Waals surface area contributed by atoms with Crippen LogP contribution in [0.25, 0.3) is 11.5 Å². The van der Waals surface area contributed by atoms with Gasteiger partial charge in [-0.1, -0.05) is 18.5 Å². The van der Waals surface area contributed by atoms with Crippen molar-refractivity contribution in [3.8, 4) is 11.5 Å². The van der Waals surface area contributed by atoms with Gasteiger partial charge in [-0.25, -0.2) is 0 Å². The summed E-state index contributed by atoms with van der Waals surface area (Å²) in [5.41, 5.74) is 0.852. The predicted molar refractivity (Wildman–Crippen MR) is 84.3 cm³/mol. The van der Waals surface area contributed by atoms with Gasteiger partial charge in [0.1, 0.15) is 0 Å². The summed E-state index contributed by atoms with van der Waals surface area (Å²) in [4.78, 5) is 0. The minimum atomic E-state index is 0.517. The molecule has 0 aliphatic rings. The van der Waals surface area contributed by atoms with Crippen LogP contribution in [0.5, 0.6) is 0 Å². The van der Waals surface area contributed by atoms with E-state index in [1.807, 2.05) is 18.2 Å². The van der Waals surface area contributed by atoms with E-state index in [1.54, 1.807) is 0 Å². The molecule has 4 nitrogen and oxygen atoms in total. The summed E-state index contributed by atoms with van der Waals surface area (Å²) in [6.45, 7) is 4.00. The average Bonchev–Trinajstić information content (AvgIpc) is 2.87. The van der Waals surface area contributed by atoms with E-state index in [2.05, 4.69) is 45.0 Å². The Morgan fingerprint density at radius 1 is 1.32 bits per heavy atom. The molecular weight excluding hydrogens is 377 g/mol. The summed E-state index contributed by atoms with van der Waals surface area (Å²) in [6.07, 6.45) is 1.86. The van der Waals surface area contributed by atoms with E-state index in [0.717, 1.165) is 35.1 Å². The van der Waals surface area contributed by atoms with Gasteiger partial charge in [-0.3, -0.25) is 0 Å². The summed E-state index contributed by atoms with van der Waals surface area (Å²) in [7, 11) is 0. The highest BCUT2D eigenvalue weighted by molar-refractivity contribution is 14.1. The Hall–Kier alpha value is -0.660. The molecule has 0 spiro atoms. The summed E-state index contributed by atoms with van der Waals surface area (Å²) in [6, 6.07) is 5.71. The smallest absolute Gasteiger partial charge is 0.247 e. The number of benzene rings is 1. The third-order valence-corrected chi connectivity index (χ3v) is 4.15. The quantitative estimate of drug-likeness (QED) is 0.604. The van der Waals surface area contributed by atoms with Crippen LogP contribution < -0.4 is 5.32 Å². The van der Waals surface area contributed by atoms with Crippen molar-refractivity contribution in [3.63, 3.8) is 0 Å². The Bertz CT molecular complexity index is 544. The molecule has 0 unspecified atom stereocenters. The fraction of sp³-hybridized carbons (Fsp3) is 0.385. The van der Waals surface area contributed by atoms with Gasteiger partial charge in [-0.05, 0) is 53.8 Å². The zero-order valence-corrected chi connectivity index (χ0v) is 13.5. The zero-order valence-electron chi connectivity index (χ0n) is 10.6. The van der Waals surface area contributed by atoms with Crippen LogP contribution >= 0.6 is 34.2 Å². The molecule has 0 bridgehead atoms. The van der Waals surface area contributed by atoms with Crippen molar-refractivity contribution in [3.05, 3.63) is 32.7 Å². The minimum Gasteiger partial charge on any atom is -0.421 e. The highest BCUT2D eigenvalue weighted by Crippen LogP contribution is 2.25. The van der Waals surface area contributed by atoms with Crippen LogP contribution in [0.1, 0.15) is 19.2 Å². The van der Waals surface area contributed by atoms with Crippen LogP contribution in [0.2, 0.25) is 5.02 Å². The van der Waals surface area contributed by atoms with Crippen molar-refractivity contribution in [2.75, 3.05) is 13.1 Å². The van der Waals surface area contributed by atoms with Crippen molar-refractivity contribution in [2.45, 2.75) is 19.8 Å². The maximum atomic E-state index is 6.08. The van der Waals surface area contributed by atoms with Gasteiger partial charge in [0.2, 0.25) is 11.8 Å². The van der Waals surface area contributed by atoms with E-state index in [9.17, 15) is 0 Å². The molecule has 0 aliphatic carbocycles. The van der Waals surface area contributed by atoms with Crippen molar-refractivity contribution in [2.24, 2.45) is 0 Å². The summed E-state index contributed by atoms with van der Waals surface area (Å²) in [5, 5.41) is 12.1. The van der Waals surface area contributed by atoms with Gasteiger partial charge in [0.15, 0.2) is 0 Å². The number of halogens is 2. The van der Waals surface area contributed by atoms with E-state index < -0.39 is 0 Å². The molecule has 0 amide bonds. The first kappa shape index (κ1) is 14.7. The summed E-state index contributed by atoms with van der Waals surface area (Å²) >= 11 is 8.27. The molecule has 1 aromatic heterocycles. The van der Waals surface area contributed by atoms with E-state index >= 15 is 0 Å². The second-order valence-corrected chi connectivity index (χ2v) is 5.70. The molecule has 102 valence electrons. The SMILES string of the molecule is CCCNCCc1nnc(-c2ccc(I)c(Cl)c2)o1. The third kappa shape index (κ3) is 4.15. The molecule has 1 N–H and O–H groups in total. The van der Waals surface area contributed by atoms with Gasteiger partial charge in [0, 0.05) is 22.1 Å². The Kier molecular flexibility index (Phi) is 5.59. The third-order valence-electron chi connectivity index (χ3n) is 2.58. The highest BCUT2D eigenvalue weighted by Gasteiger charge is 2.09. The van der Waals surface area contributed by atoms with Gasteiger partial charge >= 0.3 is 0 Å². The fourth-order valence-corrected chi connectivity index (χ4v) is 2.11. The lowest BCUT2D eigenvalue weighted by molar-refractivity contribution is 0.494. The zero-order chi connectivity index (χ0) is 13.7. The number of nitrogens with one attached hydrogen (secondary N) is 1. The maximum absolute atomic E-state index is 6.08. The van der Waals surface area contributed by atoms with Crippen LogP contribution in [0.15, 0.2) is 22.6 Å². The Morgan fingerprint density at radius 3 is 2.89 bits per heavy atom. The number of hydrogen-bond donors (Lipinski definition) is 1. The topological polar surface area (TPSA) is 51.0 Å². The number of nitrogens with zero attached hydrogens (tertiary/aromatic N) is 2. The van der Waals surface area contributed by atoms with Crippen LogP contribution in [0, 0.1) is 3.57 Å². The van der Waals surface area contributed by atoms with Gasteiger partial charge < -0.3 is 9.73 Å². The van der Waals surface area contributed by atoms with Crippen molar-refractivity contribution in [1.82, 2.24) is 15.5 Å². The van der Waals surface area contributed by atoms with Gasteiger partial charge in [0.25, 0.3) is 0 Å². The number of hydrogen-bond acceptors (Lipinski definition) is 4. The molecule has 0 atom stereocenters. The van der Waals surface area contributed by atoms with E-state index in [0.29, 0.717) is 16.8 Å². The monoisotopic (exact) mass is 391 g/mol. The second kappa shape index (κ2) is 7.21. The lowest BCUT2D eigenvalue weighted by Crippen LogP contribution is -2.17. The maximum Gasteiger partial charge on any atom is 0.247 e. The number of rotatable bonds is 6. The first-order chi connectivity index (χ1) is 9.20. The molecule has 1 heterocycles. The Morgan fingerprint density at radius 2 is 2.16 bits per heavy atom. The molecule has 0 radical (unpaired) electrons. The largest absolute Gasteiger partial charge is 0.421 e. The Balaban J connectivity index is 2.01. The normalized spacial score (nSPS) is 10.9. The molecule has 0 saturated heterocycles. The first-order valence-electron chi connectivity index (χ1n) is 6.19. The minimum absolute atomic E-state index is 0.517. The molecule has 0 aliphatic heterocycles. The summed E-state index contributed by atoms with van der Waals surface area (Å²) < 4.78 is 6.63. The van der Waals surface area contributed by atoms with Crippen LogP contribution in [0.4, 0.5) is 0 Å². The lowest BCUT2D eigenvalue weighted by Gasteiger charge is -1.99. The van der Waals surface area contributed by atoms with Crippen molar-refractivity contribution in [1.29, 1.82) is 0 Å². The molecule has 0 fully saturated rings. The van der Waals surface area contributed by atoms with Gasteiger partial charge in [-0.15, -0.1) is 10.2 Å². The fourth-order valence-electron chi connectivity index (χ4n) is 1.60. The van der Waals surface area contributed by atoms with Gasteiger partial charge in [0.05, 0.1) is 5.02 Å². The number of aromatic nitrogens is 2. The molecular formula is C13H15ClIN3O. The Labute approximate surface area is 131 Å². The van der Waals surface area contributed by atoms with Gasteiger partial charge in [-0.2, -0.15) is 0 Å².